The van der Waals surface area contributed by atoms with Crippen LogP contribution in [0.2, 0.25) is 0 Å². The molecule has 0 aliphatic carbocycles. The maximum atomic E-state index is 13.0. The van der Waals surface area contributed by atoms with E-state index in [4.69, 9.17) is 9.47 Å². The van der Waals surface area contributed by atoms with Gasteiger partial charge in [-0.3, -0.25) is 4.79 Å². The Bertz CT molecular complexity index is 1040. The van der Waals surface area contributed by atoms with E-state index in [1.54, 1.807) is 0 Å². The van der Waals surface area contributed by atoms with Crippen LogP contribution in [0.1, 0.15) is 187 Å². The summed E-state index contributed by atoms with van der Waals surface area (Å²) < 4.78 is 11.0. The maximum absolute atomic E-state index is 13.0. The molecule has 11 heteroatoms. The van der Waals surface area contributed by atoms with Crippen LogP contribution in [0.5, 0.6) is 0 Å². The number of unbranched alkanes of at least 4 members (excludes halogenated alkanes) is 20. The zero-order valence-electron chi connectivity index (χ0n) is 36.5. The molecule has 0 radical (unpaired) electrons. The second kappa shape index (κ2) is 37.1. The summed E-state index contributed by atoms with van der Waals surface area (Å²) in [6.45, 7) is 3.36. The van der Waals surface area contributed by atoms with Gasteiger partial charge >= 0.3 is 0 Å². The van der Waals surface area contributed by atoms with E-state index in [1.807, 2.05) is 0 Å². The SMILES string of the molecule is CCCCCCCCCCCC/C=C/CC/C=C/CC/C=C/CCCC(O)C(O)C(COC1OC(CO)C(O)C(O)C1O)NC(=O)C(O)CCCCCCCCCC. The average molecular weight is 826 g/mol. The molecule has 340 valence electrons. The predicted molar refractivity (Wildman–Crippen MR) is 233 cm³/mol. The fraction of sp³-hybridized carbons (Fsp3) is 0.851. The third kappa shape index (κ3) is 26.5. The first kappa shape index (κ1) is 54.3. The fourth-order valence-electron chi connectivity index (χ4n) is 7.24. The number of allylic oxidation sites excluding steroid dienone is 6. The van der Waals surface area contributed by atoms with E-state index in [2.05, 4.69) is 55.6 Å². The summed E-state index contributed by atoms with van der Waals surface area (Å²) in [5.41, 5.74) is 0. The van der Waals surface area contributed by atoms with Gasteiger partial charge in [-0.15, -0.1) is 0 Å². The van der Waals surface area contributed by atoms with Crippen molar-refractivity contribution in [2.75, 3.05) is 13.2 Å². The molecule has 0 aromatic carbocycles. The molecule has 0 bridgehead atoms. The van der Waals surface area contributed by atoms with Crippen LogP contribution in [0.25, 0.3) is 0 Å². The summed E-state index contributed by atoms with van der Waals surface area (Å²) in [5.74, 6) is -0.718. The van der Waals surface area contributed by atoms with Gasteiger partial charge < -0.3 is 50.5 Å². The minimum absolute atomic E-state index is 0.241. The highest BCUT2D eigenvalue weighted by molar-refractivity contribution is 5.80. The molecule has 1 saturated heterocycles. The van der Waals surface area contributed by atoms with Gasteiger partial charge in [0.2, 0.25) is 5.91 Å². The highest BCUT2D eigenvalue weighted by Gasteiger charge is 2.44. The lowest BCUT2D eigenvalue weighted by Gasteiger charge is -2.40. The Morgan fingerprint density at radius 3 is 1.53 bits per heavy atom. The molecule has 1 aliphatic heterocycles. The van der Waals surface area contributed by atoms with Crippen LogP contribution in [0, 0.1) is 0 Å². The highest BCUT2D eigenvalue weighted by atomic mass is 16.7. The minimum atomic E-state index is -1.67. The number of hydrogen-bond donors (Lipinski definition) is 8. The Hall–Kier alpha value is -1.67. The second-order valence-electron chi connectivity index (χ2n) is 16.5. The first-order chi connectivity index (χ1) is 28.2. The van der Waals surface area contributed by atoms with Crippen molar-refractivity contribution in [3.63, 3.8) is 0 Å². The minimum Gasteiger partial charge on any atom is -0.394 e. The first-order valence-corrected chi connectivity index (χ1v) is 23.4. The Morgan fingerprint density at radius 2 is 1.03 bits per heavy atom. The van der Waals surface area contributed by atoms with E-state index < -0.39 is 74.2 Å². The van der Waals surface area contributed by atoms with Gasteiger partial charge in [0, 0.05) is 0 Å². The number of ether oxygens (including phenoxy) is 2. The Labute approximate surface area is 352 Å². The van der Waals surface area contributed by atoms with Gasteiger partial charge in [0.05, 0.1) is 25.4 Å². The monoisotopic (exact) mass is 826 g/mol. The fourth-order valence-corrected chi connectivity index (χ4v) is 7.24. The second-order valence-corrected chi connectivity index (χ2v) is 16.5. The highest BCUT2D eigenvalue weighted by Crippen LogP contribution is 2.23. The molecular weight excluding hydrogens is 739 g/mol. The normalized spacial score (nSPS) is 22.3. The van der Waals surface area contributed by atoms with Gasteiger partial charge in [-0.25, -0.2) is 0 Å². The molecule has 9 atom stereocenters. The lowest BCUT2D eigenvalue weighted by molar-refractivity contribution is -0.303. The molecule has 8 N–H and O–H groups in total. The molecule has 0 saturated carbocycles. The topological polar surface area (TPSA) is 189 Å². The van der Waals surface area contributed by atoms with Crippen molar-refractivity contribution in [1.29, 1.82) is 0 Å². The largest absolute Gasteiger partial charge is 0.394 e. The van der Waals surface area contributed by atoms with E-state index in [0.717, 1.165) is 44.9 Å². The van der Waals surface area contributed by atoms with Gasteiger partial charge in [0.15, 0.2) is 6.29 Å². The molecule has 1 heterocycles. The molecule has 0 aromatic heterocycles. The molecule has 1 fully saturated rings. The summed E-state index contributed by atoms with van der Waals surface area (Å²) in [4.78, 5) is 13.0. The molecule has 1 aliphatic rings. The van der Waals surface area contributed by atoms with Crippen LogP contribution in [0.15, 0.2) is 36.5 Å². The maximum Gasteiger partial charge on any atom is 0.249 e. The molecule has 1 amide bonds. The Morgan fingerprint density at radius 1 is 0.586 bits per heavy atom. The van der Waals surface area contributed by atoms with E-state index >= 15 is 0 Å². The summed E-state index contributed by atoms with van der Waals surface area (Å²) in [6.07, 6.45) is 30.8. The van der Waals surface area contributed by atoms with Gasteiger partial charge in [-0.2, -0.15) is 0 Å². The Balaban J connectivity index is 2.42. The average Bonchev–Trinajstić information content (AvgIpc) is 3.22. The molecule has 0 spiro atoms. The predicted octanol–water partition coefficient (Wildman–Crippen LogP) is 7.61. The number of carbonyl (C=O) groups is 1. The van der Waals surface area contributed by atoms with Crippen LogP contribution < -0.4 is 5.32 Å². The van der Waals surface area contributed by atoms with Crippen LogP contribution in [-0.2, 0) is 14.3 Å². The number of amides is 1. The van der Waals surface area contributed by atoms with Crippen LogP contribution in [0.3, 0.4) is 0 Å². The number of aliphatic hydroxyl groups is 7. The van der Waals surface area contributed by atoms with Crippen molar-refractivity contribution < 1.29 is 50.0 Å². The molecule has 1 rings (SSSR count). The number of hydrogen-bond acceptors (Lipinski definition) is 10. The van der Waals surface area contributed by atoms with Crippen molar-refractivity contribution in [3.8, 4) is 0 Å². The Kier molecular flexibility index (Phi) is 34.8. The van der Waals surface area contributed by atoms with Crippen molar-refractivity contribution >= 4 is 5.91 Å². The summed E-state index contributed by atoms with van der Waals surface area (Å²) in [6, 6.07) is -1.19. The quantitative estimate of drug-likeness (QED) is 0.0227. The molecule has 9 unspecified atom stereocenters. The lowest BCUT2D eigenvalue weighted by atomic mass is 9.98. The zero-order valence-corrected chi connectivity index (χ0v) is 36.5. The van der Waals surface area contributed by atoms with E-state index in [1.165, 1.54) is 96.3 Å². The molecule has 0 aromatic rings. The van der Waals surface area contributed by atoms with Crippen LogP contribution in [-0.4, -0.2) is 110 Å². The van der Waals surface area contributed by atoms with Crippen molar-refractivity contribution in [3.05, 3.63) is 36.5 Å². The lowest BCUT2D eigenvalue weighted by Crippen LogP contribution is -2.60. The number of rotatable bonds is 38. The van der Waals surface area contributed by atoms with Crippen molar-refractivity contribution in [2.24, 2.45) is 0 Å². The smallest absolute Gasteiger partial charge is 0.249 e. The third-order valence-electron chi connectivity index (χ3n) is 11.2. The van der Waals surface area contributed by atoms with E-state index in [9.17, 15) is 40.5 Å². The van der Waals surface area contributed by atoms with Crippen LogP contribution in [0.4, 0.5) is 0 Å². The van der Waals surface area contributed by atoms with Gasteiger partial charge in [0.1, 0.15) is 36.6 Å². The summed E-state index contributed by atoms with van der Waals surface area (Å²) >= 11 is 0. The number of aliphatic hydroxyl groups excluding tert-OH is 7. The third-order valence-corrected chi connectivity index (χ3v) is 11.2. The standard InChI is InChI=1S/C47H87NO10/c1-3-5-7-9-11-13-14-15-16-17-18-19-20-21-22-23-24-25-26-27-29-30-32-34-39(50)42(52)38(37-57-47-45(55)44(54)43(53)41(36-49)58-47)48-46(56)40(51)35-33-31-28-12-10-8-6-4-2/h19-20,23-24,27,29,38-45,47,49-55H,3-18,21-22,25-26,28,30-37H2,1-2H3,(H,48,56)/b20-19+,24-23+,29-27+. The zero-order chi connectivity index (χ0) is 42.6. The number of carbonyl (C=O) groups excluding carboxylic acids is 1. The molecule has 58 heavy (non-hydrogen) atoms. The first-order valence-electron chi connectivity index (χ1n) is 23.4. The van der Waals surface area contributed by atoms with Crippen LogP contribution >= 0.6 is 0 Å². The van der Waals surface area contributed by atoms with Gasteiger partial charge in [-0.05, 0) is 64.2 Å². The molecule has 11 nitrogen and oxygen atoms in total. The van der Waals surface area contributed by atoms with E-state index in [0.29, 0.717) is 19.3 Å². The van der Waals surface area contributed by atoms with Gasteiger partial charge in [-0.1, -0.05) is 159 Å². The van der Waals surface area contributed by atoms with E-state index in [-0.39, 0.29) is 12.8 Å². The van der Waals surface area contributed by atoms with Gasteiger partial charge in [0.25, 0.3) is 0 Å². The van der Waals surface area contributed by atoms with Crippen molar-refractivity contribution in [1.82, 2.24) is 5.32 Å². The van der Waals surface area contributed by atoms with Crippen molar-refractivity contribution in [2.45, 2.75) is 242 Å². The molecular formula is C47H87NO10. The summed E-state index contributed by atoms with van der Waals surface area (Å²) in [5, 5.41) is 75.4. The summed E-state index contributed by atoms with van der Waals surface area (Å²) in [7, 11) is 0. The number of nitrogens with one attached hydrogen (secondary N) is 1.